The summed E-state index contributed by atoms with van der Waals surface area (Å²) in [5.74, 6) is 0.761. The van der Waals surface area contributed by atoms with Crippen molar-refractivity contribution in [2.24, 2.45) is 5.92 Å². The Morgan fingerprint density at radius 1 is 1.12 bits per heavy atom. The predicted molar refractivity (Wildman–Crippen MR) is 126 cm³/mol. The van der Waals surface area contributed by atoms with E-state index >= 15 is 0 Å². The van der Waals surface area contributed by atoms with Crippen LogP contribution in [0.1, 0.15) is 50.4 Å². The molecular formula is C26H33N3O3. The summed E-state index contributed by atoms with van der Waals surface area (Å²) in [6.07, 6.45) is 1.65. The lowest BCUT2D eigenvalue weighted by molar-refractivity contribution is -0.147. The third-order valence-corrected chi connectivity index (χ3v) is 6.34. The van der Waals surface area contributed by atoms with Gasteiger partial charge in [-0.3, -0.25) is 14.8 Å². The molecule has 0 bridgehead atoms. The van der Waals surface area contributed by atoms with Gasteiger partial charge in [0.15, 0.2) is 0 Å². The second-order valence-corrected chi connectivity index (χ2v) is 9.66. The van der Waals surface area contributed by atoms with E-state index in [-0.39, 0.29) is 17.3 Å². The molecule has 2 aromatic carbocycles. The van der Waals surface area contributed by atoms with Crippen LogP contribution < -0.4 is 4.74 Å². The highest BCUT2D eigenvalue weighted by Crippen LogP contribution is 2.30. The number of nitrogens with one attached hydrogen (secondary N) is 1. The highest BCUT2D eigenvalue weighted by molar-refractivity contribution is 5.87. The lowest BCUT2D eigenvalue weighted by atomic mass is 9.87. The first-order valence-corrected chi connectivity index (χ1v) is 11.3. The second kappa shape index (κ2) is 9.33. The average molecular weight is 436 g/mol. The number of esters is 1. The largest absolute Gasteiger partial charge is 0.488 e. The fourth-order valence-corrected chi connectivity index (χ4v) is 4.31. The Kier molecular flexibility index (Phi) is 6.51. The maximum absolute atomic E-state index is 11.8. The molecule has 1 aliphatic heterocycles. The van der Waals surface area contributed by atoms with Crippen LogP contribution in [0, 0.1) is 5.92 Å². The third-order valence-electron chi connectivity index (χ3n) is 6.34. The zero-order valence-corrected chi connectivity index (χ0v) is 19.5. The van der Waals surface area contributed by atoms with Crippen molar-refractivity contribution in [2.45, 2.75) is 52.2 Å². The monoisotopic (exact) mass is 435 g/mol. The number of fused-ring (bicyclic) bond motifs is 1. The smallest absolute Gasteiger partial charge is 0.308 e. The zero-order chi connectivity index (χ0) is 22.7. The molecule has 0 unspecified atom stereocenters. The minimum Gasteiger partial charge on any atom is -0.488 e. The van der Waals surface area contributed by atoms with Gasteiger partial charge in [0.05, 0.1) is 29.6 Å². The summed E-state index contributed by atoms with van der Waals surface area (Å²) in [7, 11) is 1.46. The number of carbonyl (C=O) groups is 1. The number of H-pyrrole nitrogens is 1. The lowest BCUT2D eigenvalue weighted by Crippen LogP contribution is -2.36. The molecule has 0 amide bonds. The topological polar surface area (TPSA) is 67.5 Å². The molecule has 1 aliphatic rings. The van der Waals surface area contributed by atoms with Crippen molar-refractivity contribution in [3.8, 4) is 5.75 Å². The maximum atomic E-state index is 11.8. The van der Waals surface area contributed by atoms with Crippen molar-refractivity contribution >= 4 is 16.9 Å². The minimum atomic E-state index is -0.0946. The van der Waals surface area contributed by atoms with Crippen molar-refractivity contribution in [2.75, 3.05) is 20.2 Å². The van der Waals surface area contributed by atoms with Crippen LogP contribution in [-0.4, -0.2) is 41.3 Å². The van der Waals surface area contributed by atoms with E-state index in [0.717, 1.165) is 60.4 Å². The Hall–Kier alpha value is -2.86. The van der Waals surface area contributed by atoms with E-state index in [0.29, 0.717) is 6.61 Å². The molecule has 0 radical (unpaired) electrons. The van der Waals surface area contributed by atoms with Crippen molar-refractivity contribution in [3.05, 3.63) is 59.3 Å². The number of hydrogen-bond acceptors (Lipinski definition) is 5. The van der Waals surface area contributed by atoms with E-state index in [1.165, 1.54) is 12.7 Å². The van der Waals surface area contributed by atoms with Gasteiger partial charge in [-0.15, -0.1) is 0 Å². The van der Waals surface area contributed by atoms with Crippen LogP contribution in [0.4, 0.5) is 0 Å². The summed E-state index contributed by atoms with van der Waals surface area (Å²) in [5.41, 5.74) is 4.56. The standard InChI is InChI=1S/C26H33N3O3/c1-26(2,3)20-10-8-18(9-11-20)17-32-23-7-5-6-21-24(23)22(28-27-21)16-29-14-12-19(13-15-29)25(30)31-4/h5-11,19H,12-17H2,1-4H3,(H,27,28). The molecule has 1 aromatic heterocycles. The van der Waals surface area contributed by atoms with Gasteiger partial charge in [-0.1, -0.05) is 51.1 Å². The molecule has 6 nitrogen and oxygen atoms in total. The molecule has 0 atom stereocenters. The molecule has 170 valence electrons. The zero-order valence-electron chi connectivity index (χ0n) is 19.5. The molecule has 1 saturated heterocycles. The van der Waals surface area contributed by atoms with Crippen LogP contribution in [0.25, 0.3) is 10.9 Å². The van der Waals surface area contributed by atoms with Crippen LogP contribution in [0.5, 0.6) is 5.75 Å². The maximum Gasteiger partial charge on any atom is 0.308 e. The quantitative estimate of drug-likeness (QED) is 0.562. The molecule has 4 rings (SSSR count). The highest BCUT2D eigenvalue weighted by Gasteiger charge is 2.26. The van der Waals surface area contributed by atoms with Gasteiger partial charge >= 0.3 is 5.97 Å². The third kappa shape index (κ3) is 4.96. The molecular weight excluding hydrogens is 402 g/mol. The molecule has 0 spiro atoms. The van der Waals surface area contributed by atoms with Crippen molar-refractivity contribution in [1.82, 2.24) is 15.1 Å². The van der Waals surface area contributed by atoms with E-state index in [2.05, 4.69) is 60.1 Å². The van der Waals surface area contributed by atoms with E-state index in [1.54, 1.807) is 0 Å². The van der Waals surface area contributed by atoms with E-state index in [4.69, 9.17) is 9.47 Å². The summed E-state index contributed by atoms with van der Waals surface area (Å²) in [6, 6.07) is 14.6. The van der Waals surface area contributed by atoms with E-state index in [1.807, 2.05) is 18.2 Å². The number of piperidine rings is 1. The Bertz CT molecular complexity index is 1060. The number of likely N-dealkylation sites (tertiary alicyclic amines) is 1. The normalized spacial score (nSPS) is 15.8. The van der Waals surface area contributed by atoms with Crippen LogP contribution in [-0.2, 0) is 28.1 Å². The van der Waals surface area contributed by atoms with Gasteiger partial charge in [-0.25, -0.2) is 0 Å². The Morgan fingerprint density at radius 3 is 2.50 bits per heavy atom. The first kappa shape index (κ1) is 22.3. The molecule has 0 saturated carbocycles. The van der Waals surface area contributed by atoms with Crippen molar-refractivity contribution in [1.29, 1.82) is 0 Å². The SMILES string of the molecule is COC(=O)C1CCN(Cc2[nH]nc3cccc(OCc4ccc(C(C)(C)C)cc4)c23)CC1. The first-order chi connectivity index (χ1) is 15.3. The Morgan fingerprint density at radius 2 is 1.84 bits per heavy atom. The second-order valence-electron chi connectivity index (χ2n) is 9.66. The molecule has 2 heterocycles. The van der Waals surface area contributed by atoms with E-state index < -0.39 is 0 Å². The number of ether oxygens (including phenoxy) is 2. The number of aromatic amines is 1. The summed E-state index contributed by atoms with van der Waals surface area (Å²) < 4.78 is 11.1. The number of rotatable bonds is 6. The predicted octanol–water partition coefficient (Wildman–Crippen LogP) is 4.82. The van der Waals surface area contributed by atoms with Crippen LogP contribution in [0.3, 0.4) is 0 Å². The molecule has 1 N–H and O–H groups in total. The minimum absolute atomic E-state index is 0.0123. The van der Waals surface area contributed by atoms with Crippen LogP contribution >= 0.6 is 0 Å². The van der Waals surface area contributed by atoms with Gasteiger partial charge in [0.1, 0.15) is 12.4 Å². The van der Waals surface area contributed by atoms with Crippen molar-refractivity contribution in [3.63, 3.8) is 0 Å². The summed E-state index contributed by atoms with van der Waals surface area (Å²) in [5, 5.41) is 8.73. The van der Waals surface area contributed by atoms with Gasteiger partial charge in [0, 0.05) is 6.54 Å². The first-order valence-electron chi connectivity index (χ1n) is 11.3. The summed E-state index contributed by atoms with van der Waals surface area (Å²) in [6.45, 7) is 9.66. The molecule has 3 aromatic rings. The fourth-order valence-electron chi connectivity index (χ4n) is 4.31. The van der Waals surface area contributed by atoms with Gasteiger partial charge in [0.25, 0.3) is 0 Å². The molecule has 32 heavy (non-hydrogen) atoms. The summed E-state index contributed by atoms with van der Waals surface area (Å²) in [4.78, 5) is 14.1. The van der Waals surface area contributed by atoms with Crippen molar-refractivity contribution < 1.29 is 14.3 Å². The van der Waals surface area contributed by atoms with Gasteiger partial charge in [0.2, 0.25) is 0 Å². The average Bonchev–Trinajstić information content (AvgIpc) is 3.21. The Balaban J connectivity index is 1.45. The van der Waals surface area contributed by atoms with Gasteiger partial charge in [-0.2, -0.15) is 5.10 Å². The number of hydrogen-bond donors (Lipinski definition) is 1. The fraction of sp³-hybridized carbons (Fsp3) is 0.462. The molecule has 1 fully saturated rings. The Labute approximate surface area is 189 Å². The van der Waals surface area contributed by atoms with Crippen LogP contribution in [0.2, 0.25) is 0 Å². The van der Waals surface area contributed by atoms with Gasteiger partial charge in [-0.05, 0) is 54.6 Å². The van der Waals surface area contributed by atoms with Crippen LogP contribution in [0.15, 0.2) is 42.5 Å². The number of aromatic nitrogens is 2. The number of nitrogens with zero attached hydrogens (tertiary/aromatic N) is 2. The van der Waals surface area contributed by atoms with Gasteiger partial charge < -0.3 is 9.47 Å². The lowest BCUT2D eigenvalue weighted by Gasteiger charge is -2.30. The number of methoxy groups -OCH3 is 1. The summed E-state index contributed by atoms with van der Waals surface area (Å²) >= 11 is 0. The highest BCUT2D eigenvalue weighted by atomic mass is 16.5. The van der Waals surface area contributed by atoms with E-state index in [9.17, 15) is 4.79 Å². The molecule has 6 heteroatoms. The molecule has 0 aliphatic carbocycles. The number of carbonyl (C=O) groups excluding carboxylic acids is 1. The number of benzene rings is 2.